The van der Waals surface area contributed by atoms with E-state index in [4.69, 9.17) is 11.6 Å². The minimum absolute atomic E-state index is 0.0217. The van der Waals surface area contributed by atoms with E-state index >= 15 is 0 Å². The van der Waals surface area contributed by atoms with E-state index in [0.29, 0.717) is 16.7 Å². The number of thioether (sulfide) groups is 1. The van der Waals surface area contributed by atoms with Gasteiger partial charge in [-0.1, -0.05) is 54.8 Å². The maximum Gasteiger partial charge on any atom is 0.251 e. The molecule has 0 aromatic heterocycles. The molecular weight excluding hydrogens is 404 g/mol. The van der Waals surface area contributed by atoms with Gasteiger partial charge in [0.05, 0.1) is 17.5 Å². The summed E-state index contributed by atoms with van der Waals surface area (Å²) < 4.78 is 24.2. The number of benzene rings is 1. The summed E-state index contributed by atoms with van der Waals surface area (Å²) in [5.41, 5.74) is 1.03. The first-order valence-corrected chi connectivity index (χ1v) is 12.5. The molecule has 2 atom stereocenters. The van der Waals surface area contributed by atoms with Crippen molar-refractivity contribution in [1.82, 2.24) is 4.90 Å². The molecule has 27 heavy (non-hydrogen) atoms. The number of carbonyl (C=O) groups is 1. The number of hydrogen-bond acceptors (Lipinski definition) is 4. The molecule has 1 aromatic rings. The molecule has 2 saturated heterocycles. The second-order valence-corrected chi connectivity index (χ2v) is 11.4. The summed E-state index contributed by atoms with van der Waals surface area (Å²) in [6.07, 6.45) is 5.20. The van der Waals surface area contributed by atoms with Gasteiger partial charge in [0.25, 0.3) is 5.91 Å². The highest BCUT2D eigenvalue weighted by atomic mass is 35.5. The molecule has 1 aromatic carbocycles. The normalized spacial score (nSPS) is 29.2. The van der Waals surface area contributed by atoms with Crippen LogP contribution in [0.5, 0.6) is 0 Å². The second kappa shape index (κ2) is 7.76. The maximum atomic E-state index is 12.7. The predicted octanol–water partition coefficient (Wildman–Crippen LogP) is 3.52. The molecule has 4 rings (SSSR count). The van der Waals surface area contributed by atoms with Crippen molar-refractivity contribution in [2.45, 2.75) is 49.9 Å². The fourth-order valence-corrected chi connectivity index (χ4v) is 8.22. The third-order valence-electron chi connectivity index (χ3n) is 5.60. The van der Waals surface area contributed by atoms with Gasteiger partial charge in [0.2, 0.25) is 0 Å². The van der Waals surface area contributed by atoms with Crippen LogP contribution >= 0.6 is 23.4 Å². The van der Waals surface area contributed by atoms with E-state index in [1.54, 1.807) is 0 Å². The quantitative estimate of drug-likeness (QED) is 0.739. The highest BCUT2D eigenvalue weighted by Crippen LogP contribution is 2.39. The highest BCUT2D eigenvalue weighted by Gasteiger charge is 2.48. The van der Waals surface area contributed by atoms with Crippen molar-refractivity contribution in [2.24, 2.45) is 10.9 Å². The van der Waals surface area contributed by atoms with Gasteiger partial charge < -0.3 is 4.90 Å². The van der Waals surface area contributed by atoms with E-state index in [1.165, 1.54) is 18.2 Å². The molecule has 2 heterocycles. The van der Waals surface area contributed by atoms with Crippen LogP contribution in [0.3, 0.4) is 0 Å². The number of fused-ring (bicyclic) bond motifs is 1. The molecule has 3 aliphatic rings. The Balaban J connectivity index is 1.58. The van der Waals surface area contributed by atoms with Crippen molar-refractivity contribution in [3.05, 3.63) is 34.9 Å². The van der Waals surface area contributed by atoms with Crippen LogP contribution in [0.2, 0.25) is 5.02 Å². The first-order chi connectivity index (χ1) is 12.9. The summed E-state index contributed by atoms with van der Waals surface area (Å²) in [5, 5.41) is 1.31. The standard InChI is InChI=1S/C19H23ClN2O3S2/c20-15-8-6-13(7-9-15)10-22-16-11-27(24,25)12-17(16)26-19(22)21-18(23)14-4-2-1-3-5-14/h6-9,14,16-17H,1-5,10-12H2/t16-,17+/m0/s1. The van der Waals surface area contributed by atoms with E-state index in [0.717, 1.165) is 31.2 Å². The number of aliphatic imine (C=N–C) groups is 1. The zero-order valence-corrected chi connectivity index (χ0v) is 17.4. The number of rotatable bonds is 3. The molecule has 0 N–H and O–H groups in total. The fourth-order valence-electron chi connectivity index (χ4n) is 4.14. The molecule has 0 radical (unpaired) electrons. The first kappa shape index (κ1) is 19.3. The number of nitrogens with zero attached hydrogens (tertiary/aromatic N) is 2. The van der Waals surface area contributed by atoms with Crippen molar-refractivity contribution in [3.63, 3.8) is 0 Å². The Hall–Kier alpha value is -1.05. The number of amidine groups is 1. The molecule has 0 unspecified atom stereocenters. The van der Waals surface area contributed by atoms with E-state index in [-0.39, 0.29) is 34.6 Å². The van der Waals surface area contributed by atoms with Gasteiger partial charge in [-0.3, -0.25) is 4.79 Å². The van der Waals surface area contributed by atoms with E-state index in [9.17, 15) is 13.2 Å². The van der Waals surface area contributed by atoms with E-state index < -0.39 is 9.84 Å². The maximum absolute atomic E-state index is 12.7. The Labute approximate surface area is 169 Å². The molecule has 1 aliphatic carbocycles. The topological polar surface area (TPSA) is 66.8 Å². The van der Waals surface area contributed by atoms with Crippen molar-refractivity contribution in [3.8, 4) is 0 Å². The van der Waals surface area contributed by atoms with Crippen LogP contribution in [0.1, 0.15) is 37.7 Å². The first-order valence-electron chi connectivity index (χ1n) is 9.42. The lowest BCUT2D eigenvalue weighted by Gasteiger charge is -2.25. The zero-order valence-electron chi connectivity index (χ0n) is 15.0. The number of sulfone groups is 1. The van der Waals surface area contributed by atoms with Gasteiger partial charge >= 0.3 is 0 Å². The molecular formula is C19H23ClN2O3S2. The van der Waals surface area contributed by atoms with Crippen LogP contribution < -0.4 is 0 Å². The summed E-state index contributed by atoms with van der Waals surface area (Å²) >= 11 is 7.43. The third kappa shape index (κ3) is 4.35. The summed E-state index contributed by atoms with van der Waals surface area (Å²) in [6, 6.07) is 7.41. The molecule has 1 amide bonds. The van der Waals surface area contributed by atoms with Gasteiger partial charge in [0, 0.05) is 22.7 Å². The van der Waals surface area contributed by atoms with Crippen LogP contribution in [0.15, 0.2) is 29.3 Å². The Bertz CT molecular complexity index is 848. The largest absolute Gasteiger partial charge is 0.342 e. The number of halogens is 1. The molecule has 1 saturated carbocycles. The van der Waals surface area contributed by atoms with Crippen molar-refractivity contribution >= 4 is 44.3 Å². The molecule has 8 heteroatoms. The summed E-state index contributed by atoms with van der Waals surface area (Å²) in [6.45, 7) is 0.539. The smallest absolute Gasteiger partial charge is 0.251 e. The molecule has 0 spiro atoms. The van der Waals surface area contributed by atoms with Gasteiger partial charge in [0.1, 0.15) is 0 Å². The lowest BCUT2D eigenvalue weighted by Crippen LogP contribution is -2.37. The minimum atomic E-state index is -3.03. The van der Waals surface area contributed by atoms with E-state index in [2.05, 4.69) is 4.99 Å². The van der Waals surface area contributed by atoms with Crippen molar-refractivity contribution in [2.75, 3.05) is 11.5 Å². The molecule has 3 fully saturated rings. The van der Waals surface area contributed by atoms with Crippen molar-refractivity contribution < 1.29 is 13.2 Å². The number of amides is 1. The highest BCUT2D eigenvalue weighted by molar-refractivity contribution is 8.15. The molecule has 0 bridgehead atoms. The third-order valence-corrected chi connectivity index (χ3v) is 9.10. The monoisotopic (exact) mass is 426 g/mol. The predicted molar refractivity (Wildman–Crippen MR) is 110 cm³/mol. The molecule has 146 valence electrons. The minimum Gasteiger partial charge on any atom is -0.342 e. The second-order valence-electron chi connectivity index (χ2n) is 7.62. The zero-order chi connectivity index (χ0) is 19.0. The lowest BCUT2D eigenvalue weighted by atomic mass is 9.89. The Morgan fingerprint density at radius 2 is 1.85 bits per heavy atom. The SMILES string of the molecule is O=C(N=C1S[C@@H]2CS(=O)(=O)C[C@@H]2N1Cc1ccc(Cl)cc1)C1CCCCC1. The summed E-state index contributed by atoms with van der Waals surface area (Å²) in [4.78, 5) is 19.2. The van der Waals surface area contributed by atoms with Crippen LogP contribution in [0, 0.1) is 5.92 Å². The van der Waals surface area contributed by atoms with E-state index in [1.807, 2.05) is 29.2 Å². The average molecular weight is 427 g/mol. The van der Waals surface area contributed by atoms with Gasteiger partial charge in [-0.2, -0.15) is 4.99 Å². The van der Waals surface area contributed by atoms with Crippen molar-refractivity contribution in [1.29, 1.82) is 0 Å². The van der Waals surface area contributed by atoms with Crippen LogP contribution in [0.4, 0.5) is 0 Å². The average Bonchev–Trinajstić information content (AvgIpc) is 3.10. The van der Waals surface area contributed by atoms with Crippen LogP contribution in [-0.2, 0) is 21.2 Å². The van der Waals surface area contributed by atoms with Crippen LogP contribution in [-0.4, -0.2) is 47.2 Å². The number of carbonyl (C=O) groups excluding carboxylic acids is 1. The molecule has 5 nitrogen and oxygen atoms in total. The van der Waals surface area contributed by atoms with Gasteiger partial charge in [0.15, 0.2) is 15.0 Å². The van der Waals surface area contributed by atoms with Gasteiger partial charge in [-0.15, -0.1) is 0 Å². The Kier molecular flexibility index (Phi) is 5.54. The van der Waals surface area contributed by atoms with Gasteiger partial charge in [-0.05, 0) is 30.5 Å². The van der Waals surface area contributed by atoms with Gasteiger partial charge in [-0.25, -0.2) is 8.42 Å². The fraction of sp³-hybridized carbons (Fsp3) is 0.579. The Morgan fingerprint density at radius 3 is 2.56 bits per heavy atom. The number of hydrogen-bond donors (Lipinski definition) is 0. The lowest BCUT2D eigenvalue weighted by molar-refractivity contribution is -0.122. The van der Waals surface area contributed by atoms with Crippen LogP contribution in [0.25, 0.3) is 0 Å². The summed E-state index contributed by atoms with van der Waals surface area (Å²) in [5.74, 6) is 0.278. The molecule has 2 aliphatic heterocycles. The Morgan fingerprint density at radius 1 is 1.15 bits per heavy atom. The summed E-state index contributed by atoms with van der Waals surface area (Å²) in [7, 11) is -3.03.